The first-order valence-electron chi connectivity index (χ1n) is 6.56. The number of hydrogen-bond acceptors (Lipinski definition) is 2. The van der Waals surface area contributed by atoms with Crippen LogP contribution >= 0.6 is 0 Å². The summed E-state index contributed by atoms with van der Waals surface area (Å²) in [7, 11) is 1.89. The highest BCUT2D eigenvalue weighted by atomic mass is 16.2. The van der Waals surface area contributed by atoms with E-state index < -0.39 is 0 Å². The molecule has 1 saturated heterocycles. The molecule has 1 aromatic rings. The lowest BCUT2D eigenvalue weighted by Gasteiger charge is -2.52. The van der Waals surface area contributed by atoms with Gasteiger partial charge in [0.1, 0.15) is 0 Å². The van der Waals surface area contributed by atoms with Crippen molar-refractivity contribution in [3.05, 3.63) is 35.9 Å². The molecule has 3 heteroatoms. The van der Waals surface area contributed by atoms with Crippen LogP contribution in [0.15, 0.2) is 30.3 Å². The third kappa shape index (κ3) is 2.41. The predicted molar refractivity (Wildman–Crippen MR) is 73.1 cm³/mol. The highest BCUT2D eigenvalue weighted by molar-refractivity contribution is 5.87. The minimum atomic E-state index is 0.0194. The zero-order chi connectivity index (χ0) is 13.2. The van der Waals surface area contributed by atoms with E-state index >= 15 is 0 Å². The average Bonchev–Trinajstić information content (AvgIpc) is 2.38. The lowest BCUT2D eigenvalue weighted by atomic mass is 9.74. The lowest BCUT2D eigenvalue weighted by molar-refractivity contribution is -0.163. The molecule has 1 N–H and O–H groups in total. The molecule has 1 aliphatic rings. The Balaban J connectivity index is 1.72. The fourth-order valence-electron chi connectivity index (χ4n) is 2.54. The Morgan fingerprint density at radius 1 is 1.28 bits per heavy atom. The van der Waals surface area contributed by atoms with E-state index in [1.807, 2.05) is 30.1 Å². The van der Waals surface area contributed by atoms with Crippen LogP contribution in [0.4, 0.5) is 0 Å². The first-order chi connectivity index (χ1) is 8.53. The Hall–Kier alpha value is -1.35. The molecule has 1 unspecified atom stereocenters. The van der Waals surface area contributed by atoms with Gasteiger partial charge in [-0.3, -0.25) is 4.79 Å². The largest absolute Gasteiger partial charge is 0.340 e. The summed E-state index contributed by atoms with van der Waals surface area (Å²) in [5.74, 6) is 0.451. The number of hydrogen-bond donors (Lipinski definition) is 1. The Kier molecular flexibility index (Phi) is 3.71. The lowest BCUT2D eigenvalue weighted by Crippen LogP contribution is -2.66. The molecule has 0 saturated carbocycles. The van der Waals surface area contributed by atoms with Crippen molar-refractivity contribution < 1.29 is 4.79 Å². The van der Waals surface area contributed by atoms with Gasteiger partial charge in [-0.2, -0.15) is 0 Å². The van der Waals surface area contributed by atoms with E-state index in [2.05, 4.69) is 31.3 Å². The van der Waals surface area contributed by atoms with Gasteiger partial charge in [-0.1, -0.05) is 30.3 Å². The third-order valence-corrected chi connectivity index (χ3v) is 4.13. The van der Waals surface area contributed by atoms with Crippen molar-refractivity contribution in [3.63, 3.8) is 0 Å². The molecule has 1 aromatic carbocycles. The molecule has 0 spiro atoms. The molecule has 3 nitrogen and oxygen atoms in total. The average molecular weight is 246 g/mol. The summed E-state index contributed by atoms with van der Waals surface area (Å²) < 4.78 is 0. The van der Waals surface area contributed by atoms with Crippen molar-refractivity contribution in [2.45, 2.75) is 32.4 Å². The van der Waals surface area contributed by atoms with Gasteiger partial charge in [0.2, 0.25) is 5.91 Å². The van der Waals surface area contributed by atoms with E-state index in [-0.39, 0.29) is 17.4 Å². The number of nitrogens with zero attached hydrogens (tertiary/aromatic N) is 1. The molecule has 1 fully saturated rings. The number of β-lactam (4-membered cyclic amide) rings is 1. The molecule has 2 rings (SSSR count). The van der Waals surface area contributed by atoms with Gasteiger partial charge in [0.15, 0.2) is 0 Å². The third-order valence-electron chi connectivity index (χ3n) is 4.13. The van der Waals surface area contributed by atoms with Crippen molar-refractivity contribution in [3.8, 4) is 0 Å². The van der Waals surface area contributed by atoms with Gasteiger partial charge in [0, 0.05) is 19.1 Å². The summed E-state index contributed by atoms with van der Waals surface area (Å²) in [6.07, 6.45) is 0.920. The van der Waals surface area contributed by atoms with Crippen LogP contribution in [-0.2, 0) is 11.3 Å². The van der Waals surface area contributed by atoms with Crippen LogP contribution in [0.2, 0.25) is 0 Å². The van der Waals surface area contributed by atoms with Crippen LogP contribution in [0.25, 0.3) is 0 Å². The van der Waals surface area contributed by atoms with Crippen molar-refractivity contribution in [2.24, 2.45) is 5.92 Å². The topological polar surface area (TPSA) is 32.3 Å². The van der Waals surface area contributed by atoms with E-state index in [9.17, 15) is 4.79 Å². The monoisotopic (exact) mass is 246 g/mol. The number of benzene rings is 1. The van der Waals surface area contributed by atoms with Crippen molar-refractivity contribution in [2.75, 3.05) is 13.6 Å². The Bertz CT molecular complexity index is 414. The first-order valence-corrected chi connectivity index (χ1v) is 6.56. The fourth-order valence-corrected chi connectivity index (χ4v) is 2.54. The number of carbonyl (C=O) groups is 1. The molecule has 0 bridgehead atoms. The van der Waals surface area contributed by atoms with E-state index in [1.165, 1.54) is 5.56 Å². The van der Waals surface area contributed by atoms with Crippen LogP contribution in [0, 0.1) is 5.92 Å². The van der Waals surface area contributed by atoms with Crippen molar-refractivity contribution >= 4 is 5.91 Å². The van der Waals surface area contributed by atoms with Gasteiger partial charge >= 0.3 is 0 Å². The minimum absolute atomic E-state index is 0.0194. The number of rotatable bonds is 5. The molecule has 1 atom stereocenters. The van der Waals surface area contributed by atoms with Gasteiger partial charge in [0.05, 0.1) is 5.92 Å². The van der Waals surface area contributed by atoms with E-state index in [4.69, 9.17) is 0 Å². The molecule has 18 heavy (non-hydrogen) atoms. The molecule has 0 radical (unpaired) electrons. The van der Waals surface area contributed by atoms with E-state index in [0.29, 0.717) is 0 Å². The number of carbonyl (C=O) groups excluding carboxylic acids is 1. The maximum Gasteiger partial charge on any atom is 0.228 e. The maximum absolute atomic E-state index is 11.7. The number of likely N-dealkylation sites (tertiary alicyclic amines) is 1. The first kappa shape index (κ1) is 13.1. The summed E-state index contributed by atoms with van der Waals surface area (Å²) in [5.41, 5.74) is 1.31. The van der Waals surface area contributed by atoms with Crippen molar-refractivity contribution in [1.82, 2.24) is 10.2 Å². The predicted octanol–water partition coefficient (Wildman–Crippen LogP) is 2.03. The zero-order valence-corrected chi connectivity index (χ0v) is 11.4. The van der Waals surface area contributed by atoms with Gasteiger partial charge in [0.25, 0.3) is 0 Å². The van der Waals surface area contributed by atoms with E-state index in [0.717, 1.165) is 19.5 Å². The minimum Gasteiger partial charge on any atom is -0.340 e. The Morgan fingerprint density at radius 2 is 1.94 bits per heavy atom. The molecule has 1 heterocycles. The van der Waals surface area contributed by atoms with Crippen LogP contribution in [0.1, 0.15) is 25.8 Å². The molecular weight excluding hydrogens is 224 g/mol. The van der Waals surface area contributed by atoms with Gasteiger partial charge < -0.3 is 10.2 Å². The fraction of sp³-hybridized carbons (Fsp3) is 0.533. The van der Waals surface area contributed by atoms with Crippen LogP contribution < -0.4 is 5.32 Å². The van der Waals surface area contributed by atoms with Gasteiger partial charge in [-0.15, -0.1) is 0 Å². The second kappa shape index (κ2) is 5.11. The SMILES string of the molecule is CN1C(=O)C(CCNCc2ccccc2)C1(C)C. The second-order valence-electron chi connectivity index (χ2n) is 5.55. The summed E-state index contributed by atoms with van der Waals surface area (Å²) >= 11 is 0. The molecule has 1 aliphatic heterocycles. The van der Waals surface area contributed by atoms with Crippen LogP contribution in [-0.4, -0.2) is 29.9 Å². The van der Waals surface area contributed by atoms with Crippen LogP contribution in [0.5, 0.6) is 0 Å². The number of amides is 1. The Morgan fingerprint density at radius 3 is 2.56 bits per heavy atom. The van der Waals surface area contributed by atoms with E-state index in [1.54, 1.807) is 0 Å². The summed E-state index contributed by atoms with van der Waals surface area (Å²) in [6, 6.07) is 10.3. The summed E-state index contributed by atoms with van der Waals surface area (Å²) in [4.78, 5) is 13.6. The van der Waals surface area contributed by atoms with Gasteiger partial charge in [-0.25, -0.2) is 0 Å². The van der Waals surface area contributed by atoms with Crippen molar-refractivity contribution in [1.29, 1.82) is 0 Å². The van der Waals surface area contributed by atoms with Gasteiger partial charge in [-0.05, 0) is 32.4 Å². The van der Waals surface area contributed by atoms with Crippen LogP contribution in [0.3, 0.4) is 0 Å². The molecule has 0 aromatic heterocycles. The summed E-state index contributed by atoms with van der Waals surface area (Å²) in [6.45, 7) is 6.03. The molecule has 98 valence electrons. The number of nitrogens with one attached hydrogen (secondary N) is 1. The molecule has 1 amide bonds. The second-order valence-corrected chi connectivity index (χ2v) is 5.55. The normalized spacial score (nSPS) is 21.8. The standard InChI is InChI=1S/C15H22N2O/c1-15(2)13(14(18)17(15)3)9-10-16-11-12-7-5-4-6-8-12/h4-8,13,16H,9-11H2,1-3H3. The smallest absolute Gasteiger partial charge is 0.228 e. The highest BCUT2D eigenvalue weighted by Crippen LogP contribution is 2.37. The summed E-state index contributed by atoms with van der Waals surface area (Å²) in [5, 5.41) is 3.40. The molecule has 0 aliphatic carbocycles. The Labute approximate surface area is 109 Å². The quantitative estimate of drug-likeness (QED) is 0.637. The maximum atomic E-state index is 11.7. The highest BCUT2D eigenvalue weighted by Gasteiger charge is 2.50. The molecular formula is C15H22N2O. The zero-order valence-electron chi connectivity index (χ0n) is 11.4.